The van der Waals surface area contributed by atoms with Crippen LogP contribution < -0.4 is 0 Å². The van der Waals surface area contributed by atoms with Crippen LogP contribution in [0.1, 0.15) is 31.7 Å². The number of carboxylic acids is 1. The first-order chi connectivity index (χ1) is 7.58. The topological polar surface area (TPSA) is 68.0 Å². The van der Waals surface area contributed by atoms with Gasteiger partial charge in [0.05, 0.1) is 17.3 Å². The quantitative estimate of drug-likeness (QED) is 0.833. The molecule has 0 aromatic carbocycles. The second-order valence-corrected chi connectivity index (χ2v) is 4.84. The first kappa shape index (κ1) is 11.1. The van der Waals surface area contributed by atoms with Crippen LogP contribution in [0, 0.1) is 11.8 Å². The zero-order chi connectivity index (χ0) is 11.7. The third kappa shape index (κ3) is 2.08. The summed E-state index contributed by atoms with van der Waals surface area (Å²) in [7, 11) is 0. The molecule has 1 unspecified atom stereocenters. The van der Waals surface area contributed by atoms with E-state index in [0.29, 0.717) is 18.8 Å². The monoisotopic (exact) mass is 223 g/mol. The van der Waals surface area contributed by atoms with Crippen LogP contribution in [0.25, 0.3) is 0 Å². The molecule has 0 bridgehead atoms. The van der Waals surface area contributed by atoms with Crippen LogP contribution in [-0.2, 0) is 24.2 Å². The Morgan fingerprint density at radius 2 is 2.38 bits per heavy atom. The molecule has 1 aromatic rings. The van der Waals surface area contributed by atoms with E-state index in [0.717, 1.165) is 24.4 Å². The van der Waals surface area contributed by atoms with Crippen LogP contribution in [0.4, 0.5) is 0 Å². The van der Waals surface area contributed by atoms with Crippen molar-refractivity contribution in [1.29, 1.82) is 0 Å². The predicted octanol–water partition coefficient (Wildman–Crippen LogP) is 1.12. The van der Waals surface area contributed by atoms with Gasteiger partial charge in [-0.05, 0) is 18.8 Å². The minimum atomic E-state index is -0.706. The van der Waals surface area contributed by atoms with Crippen LogP contribution in [0.15, 0.2) is 0 Å². The van der Waals surface area contributed by atoms with E-state index in [9.17, 15) is 4.79 Å². The van der Waals surface area contributed by atoms with Crippen LogP contribution in [0.3, 0.4) is 0 Å². The van der Waals surface area contributed by atoms with Gasteiger partial charge in [0.2, 0.25) is 0 Å². The summed E-state index contributed by atoms with van der Waals surface area (Å²) in [5.41, 5.74) is 2.01. The fraction of sp³-hybridized carbons (Fsp3) is 0.727. The highest BCUT2D eigenvalue weighted by atomic mass is 16.4. The summed E-state index contributed by atoms with van der Waals surface area (Å²) >= 11 is 0. The summed E-state index contributed by atoms with van der Waals surface area (Å²) in [5, 5.41) is 17.3. The normalized spacial score (nSPS) is 19.8. The number of hydrogen-bond donors (Lipinski definition) is 1. The number of aryl methyl sites for hydroxylation is 1. The molecule has 0 saturated carbocycles. The van der Waals surface area contributed by atoms with Crippen LogP contribution in [0.2, 0.25) is 0 Å². The number of nitrogens with zero attached hydrogens (tertiary/aromatic N) is 3. The smallest absolute Gasteiger partial charge is 0.306 e. The lowest BCUT2D eigenvalue weighted by atomic mass is 9.90. The number of aliphatic carboxylic acids is 1. The Hall–Kier alpha value is -1.39. The first-order valence-corrected chi connectivity index (χ1v) is 5.72. The van der Waals surface area contributed by atoms with Gasteiger partial charge in [-0.15, -0.1) is 5.10 Å². The summed E-state index contributed by atoms with van der Waals surface area (Å²) in [6, 6.07) is 0. The Morgan fingerprint density at radius 1 is 1.62 bits per heavy atom. The summed E-state index contributed by atoms with van der Waals surface area (Å²) < 4.78 is 1.87. The Labute approximate surface area is 94.5 Å². The highest BCUT2D eigenvalue weighted by Gasteiger charge is 2.28. The molecule has 0 aliphatic heterocycles. The lowest BCUT2D eigenvalue weighted by Gasteiger charge is -2.19. The maximum atomic E-state index is 11.0. The van der Waals surface area contributed by atoms with E-state index in [1.807, 2.05) is 4.68 Å². The Kier molecular flexibility index (Phi) is 2.94. The third-order valence-corrected chi connectivity index (χ3v) is 2.97. The number of hydrogen-bond acceptors (Lipinski definition) is 3. The van der Waals surface area contributed by atoms with Crippen molar-refractivity contribution in [2.24, 2.45) is 11.8 Å². The summed E-state index contributed by atoms with van der Waals surface area (Å²) in [6.07, 6.45) is 2.00. The van der Waals surface area contributed by atoms with E-state index in [1.54, 1.807) is 0 Å². The van der Waals surface area contributed by atoms with Crippen LogP contribution in [-0.4, -0.2) is 26.1 Å². The van der Waals surface area contributed by atoms with E-state index in [2.05, 4.69) is 24.2 Å². The van der Waals surface area contributed by atoms with Crippen molar-refractivity contribution in [3.05, 3.63) is 11.4 Å². The average Bonchev–Trinajstić information content (AvgIpc) is 2.60. The van der Waals surface area contributed by atoms with E-state index >= 15 is 0 Å². The molecular formula is C11H17N3O2. The van der Waals surface area contributed by atoms with E-state index in [1.165, 1.54) is 0 Å². The summed E-state index contributed by atoms with van der Waals surface area (Å²) in [4.78, 5) is 11.0. The minimum absolute atomic E-state index is 0.267. The average molecular weight is 223 g/mol. The molecule has 1 aliphatic carbocycles. The summed E-state index contributed by atoms with van der Waals surface area (Å²) in [5.74, 6) is -0.476. The molecule has 1 atom stereocenters. The van der Waals surface area contributed by atoms with Gasteiger partial charge in [0, 0.05) is 13.0 Å². The van der Waals surface area contributed by atoms with Gasteiger partial charge in [0.1, 0.15) is 0 Å². The van der Waals surface area contributed by atoms with Crippen LogP contribution in [0.5, 0.6) is 0 Å². The Morgan fingerprint density at radius 3 is 3.00 bits per heavy atom. The second kappa shape index (κ2) is 4.23. The molecule has 5 heteroatoms. The largest absolute Gasteiger partial charge is 0.481 e. The molecule has 2 rings (SSSR count). The Bertz CT molecular complexity index is 398. The van der Waals surface area contributed by atoms with Gasteiger partial charge < -0.3 is 5.11 Å². The van der Waals surface area contributed by atoms with Gasteiger partial charge in [-0.1, -0.05) is 19.1 Å². The molecule has 1 aliphatic rings. The van der Waals surface area contributed by atoms with Crippen molar-refractivity contribution in [3.63, 3.8) is 0 Å². The highest BCUT2D eigenvalue weighted by molar-refractivity contribution is 5.70. The standard InChI is InChI=1S/C11H17N3O2/c1-7(2)6-14-10-5-8(11(15)16)3-4-9(10)12-13-14/h7-8H,3-6H2,1-2H3,(H,15,16). The van der Waals surface area contributed by atoms with Crippen molar-refractivity contribution in [3.8, 4) is 0 Å². The zero-order valence-corrected chi connectivity index (χ0v) is 9.68. The molecule has 1 N–H and O–H groups in total. The number of carbonyl (C=O) groups is 1. The third-order valence-electron chi connectivity index (χ3n) is 2.97. The maximum Gasteiger partial charge on any atom is 0.306 e. The fourth-order valence-electron chi connectivity index (χ4n) is 2.14. The molecule has 5 nitrogen and oxygen atoms in total. The maximum absolute atomic E-state index is 11.0. The van der Waals surface area contributed by atoms with Gasteiger partial charge in [-0.25, -0.2) is 4.68 Å². The van der Waals surface area contributed by atoms with Gasteiger partial charge in [-0.3, -0.25) is 4.79 Å². The highest BCUT2D eigenvalue weighted by Crippen LogP contribution is 2.24. The van der Waals surface area contributed by atoms with Crippen molar-refractivity contribution in [2.75, 3.05) is 0 Å². The van der Waals surface area contributed by atoms with Gasteiger partial charge in [0.25, 0.3) is 0 Å². The second-order valence-electron chi connectivity index (χ2n) is 4.84. The molecule has 0 radical (unpaired) electrons. The number of fused-ring (bicyclic) bond motifs is 1. The van der Waals surface area contributed by atoms with Gasteiger partial charge >= 0.3 is 5.97 Å². The van der Waals surface area contributed by atoms with E-state index in [-0.39, 0.29) is 5.92 Å². The summed E-state index contributed by atoms with van der Waals surface area (Å²) in [6.45, 7) is 5.05. The molecule has 1 aromatic heterocycles. The molecule has 0 spiro atoms. The molecule has 16 heavy (non-hydrogen) atoms. The fourth-order valence-corrected chi connectivity index (χ4v) is 2.14. The molecule has 0 amide bonds. The SMILES string of the molecule is CC(C)Cn1nnc2c1CC(C(=O)O)CC2. The zero-order valence-electron chi connectivity index (χ0n) is 9.68. The van der Waals surface area contributed by atoms with Crippen molar-refractivity contribution >= 4 is 5.97 Å². The van der Waals surface area contributed by atoms with Crippen molar-refractivity contribution < 1.29 is 9.90 Å². The molecule has 0 saturated heterocycles. The number of aromatic nitrogens is 3. The van der Waals surface area contributed by atoms with Gasteiger partial charge in [-0.2, -0.15) is 0 Å². The molecule has 88 valence electrons. The lowest BCUT2D eigenvalue weighted by molar-refractivity contribution is -0.142. The predicted molar refractivity (Wildman–Crippen MR) is 58.0 cm³/mol. The lowest BCUT2D eigenvalue weighted by Crippen LogP contribution is -2.24. The minimum Gasteiger partial charge on any atom is -0.481 e. The number of carboxylic acid groups (broad SMARTS) is 1. The van der Waals surface area contributed by atoms with Crippen molar-refractivity contribution in [1.82, 2.24) is 15.0 Å². The van der Waals surface area contributed by atoms with E-state index < -0.39 is 5.97 Å². The Balaban J connectivity index is 2.21. The van der Waals surface area contributed by atoms with Crippen molar-refractivity contribution in [2.45, 2.75) is 39.7 Å². The molecule has 1 heterocycles. The van der Waals surface area contributed by atoms with Gasteiger partial charge in [0.15, 0.2) is 0 Å². The van der Waals surface area contributed by atoms with E-state index in [4.69, 9.17) is 5.11 Å². The first-order valence-electron chi connectivity index (χ1n) is 5.72. The molecular weight excluding hydrogens is 206 g/mol. The number of rotatable bonds is 3. The van der Waals surface area contributed by atoms with Crippen LogP contribution >= 0.6 is 0 Å². The molecule has 0 fully saturated rings.